The molecule has 1 amide bonds. The molecule has 3 rings (SSSR count). The summed E-state index contributed by atoms with van der Waals surface area (Å²) in [6.45, 7) is 1.69. The third kappa shape index (κ3) is 2.36. The van der Waals surface area contributed by atoms with Crippen LogP contribution in [0.1, 0.15) is 29.6 Å². The van der Waals surface area contributed by atoms with Crippen molar-refractivity contribution in [2.24, 2.45) is 0 Å². The summed E-state index contributed by atoms with van der Waals surface area (Å²) in [7, 11) is 0. The lowest BCUT2D eigenvalue weighted by Gasteiger charge is -2.26. The van der Waals surface area contributed by atoms with E-state index in [1.54, 1.807) is 18.6 Å². The summed E-state index contributed by atoms with van der Waals surface area (Å²) in [6, 6.07) is 3.78. The molecule has 1 N–H and O–H groups in total. The van der Waals surface area contributed by atoms with Gasteiger partial charge >= 0.3 is 0 Å². The second-order valence-electron chi connectivity index (χ2n) is 4.75. The Morgan fingerprint density at radius 3 is 2.79 bits per heavy atom. The van der Waals surface area contributed by atoms with Crippen molar-refractivity contribution in [2.75, 3.05) is 13.1 Å². The van der Waals surface area contributed by atoms with Crippen molar-refractivity contribution in [2.45, 2.75) is 19.3 Å². The van der Waals surface area contributed by atoms with Gasteiger partial charge in [-0.2, -0.15) is 5.10 Å². The summed E-state index contributed by atoms with van der Waals surface area (Å²) in [5, 5.41) is 6.92. The van der Waals surface area contributed by atoms with Crippen LogP contribution in [0.25, 0.3) is 11.3 Å². The molecule has 1 aliphatic rings. The van der Waals surface area contributed by atoms with Crippen LogP contribution in [0.4, 0.5) is 0 Å². The van der Waals surface area contributed by atoms with Crippen molar-refractivity contribution in [1.29, 1.82) is 0 Å². The van der Waals surface area contributed by atoms with Crippen molar-refractivity contribution >= 4 is 5.91 Å². The molecule has 0 spiro atoms. The molecule has 0 aliphatic carbocycles. The Morgan fingerprint density at radius 2 is 2.05 bits per heavy atom. The Labute approximate surface area is 111 Å². The van der Waals surface area contributed by atoms with Crippen molar-refractivity contribution < 1.29 is 4.79 Å². The van der Waals surface area contributed by atoms with E-state index in [-0.39, 0.29) is 5.91 Å². The highest BCUT2D eigenvalue weighted by atomic mass is 16.2. The number of nitrogens with one attached hydrogen (secondary N) is 1. The maximum atomic E-state index is 12.5. The third-order valence-electron chi connectivity index (χ3n) is 3.46. The Hall–Kier alpha value is -2.17. The Morgan fingerprint density at radius 1 is 1.21 bits per heavy atom. The zero-order valence-electron chi connectivity index (χ0n) is 10.7. The minimum Gasteiger partial charge on any atom is -0.339 e. The van der Waals surface area contributed by atoms with Gasteiger partial charge in [-0.1, -0.05) is 0 Å². The number of aromatic amines is 1. The van der Waals surface area contributed by atoms with Gasteiger partial charge in [0.1, 0.15) is 0 Å². The van der Waals surface area contributed by atoms with Gasteiger partial charge in [-0.15, -0.1) is 0 Å². The van der Waals surface area contributed by atoms with E-state index in [1.165, 1.54) is 6.42 Å². The van der Waals surface area contributed by atoms with Crippen LogP contribution in [0, 0.1) is 0 Å². The van der Waals surface area contributed by atoms with Gasteiger partial charge in [-0.25, -0.2) is 0 Å². The summed E-state index contributed by atoms with van der Waals surface area (Å²) in [6.07, 6.45) is 8.45. The highest BCUT2D eigenvalue weighted by Crippen LogP contribution is 2.22. The molecule has 1 aliphatic heterocycles. The average molecular weight is 256 g/mol. The number of likely N-dealkylation sites (tertiary alicyclic amines) is 1. The number of piperidine rings is 1. The summed E-state index contributed by atoms with van der Waals surface area (Å²) >= 11 is 0. The minimum absolute atomic E-state index is 0.0623. The summed E-state index contributed by atoms with van der Waals surface area (Å²) in [4.78, 5) is 18.5. The first-order valence-electron chi connectivity index (χ1n) is 6.59. The van der Waals surface area contributed by atoms with Crippen LogP contribution >= 0.6 is 0 Å². The van der Waals surface area contributed by atoms with E-state index in [4.69, 9.17) is 0 Å². The maximum absolute atomic E-state index is 12.5. The number of carbonyl (C=O) groups excluding carboxylic acids is 1. The van der Waals surface area contributed by atoms with E-state index in [9.17, 15) is 4.79 Å². The fraction of sp³-hybridized carbons (Fsp3) is 0.357. The molecular formula is C14H16N4O. The Bertz CT molecular complexity index is 558. The average Bonchev–Trinajstić information content (AvgIpc) is 2.98. The number of H-pyrrole nitrogens is 1. The molecule has 0 atom stereocenters. The number of aromatic nitrogens is 3. The first-order valence-corrected chi connectivity index (χ1v) is 6.59. The summed E-state index contributed by atoms with van der Waals surface area (Å²) in [5.41, 5.74) is 2.28. The first kappa shape index (κ1) is 11.9. The molecule has 19 heavy (non-hydrogen) atoms. The molecule has 0 unspecified atom stereocenters. The van der Waals surface area contributed by atoms with Crippen LogP contribution in [0.2, 0.25) is 0 Å². The van der Waals surface area contributed by atoms with Gasteiger partial charge in [-0.3, -0.25) is 14.9 Å². The quantitative estimate of drug-likeness (QED) is 0.895. The van der Waals surface area contributed by atoms with Crippen LogP contribution in [0.5, 0.6) is 0 Å². The third-order valence-corrected chi connectivity index (χ3v) is 3.46. The Balaban J connectivity index is 1.89. The number of carbonyl (C=O) groups is 1. The van der Waals surface area contributed by atoms with Crippen LogP contribution < -0.4 is 0 Å². The number of hydrogen-bond acceptors (Lipinski definition) is 3. The van der Waals surface area contributed by atoms with Crippen LogP contribution in [-0.2, 0) is 0 Å². The number of pyridine rings is 1. The zero-order valence-corrected chi connectivity index (χ0v) is 10.7. The van der Waals surface area contributed by atoms with Gasteiger partial charge in [0.2, 0.25) is 0 Å². The number of rotatable bonds is 2. The standard InChI is InChI=1S/C14H16N4O/c19-14(18-7-2-1-3-8-18)12-10-16-17-13(12)11-5-4-6-15-9-11/h4-6,9-10H,1-3,7-8H2,(H,16,17). The first-order chi connectivity index (χ1) is 9.36. The van der Waals surface area contributed by atoms with Gasteiger partial charge in [0.25, 0.3) is 5.91 Å². The second kappa shape index (κ2) is 5.22. The molecule has 5 nitrogen and oxygen atoms in total. The highest BCUT2D eigenvalue weighted by Gasteiger charge is 2.22. The molecule has 2 aromatic rings. The number of nitrogens with zero attached hydrogens (tertiary/aromatic N) is 3. The van der Waals surface area contributed by atoms with Crippen molar-refractivity contribution in [3.63, 3.8) is 0 Å². The van der Waals surface area contributed by atoms with E-state index in [2.05, 4.69) is 15.2 Å². The minimum atomic E-state index is 0.0623. The van der Waals surface area contributed by atoms with Gasteiger partial charge in [-0.05, 0) is 31.4 Å². The summed E-state index contributed by atoms with van der Waals surface area (Å²) < 4.78 is 0. The van der Waals surface area contributed by atoms with Crippen LogP contribution in [0.15, 0.2) is 30.7 Å². The fourth-order valence-electron chi connectivity index (χ4n) is 2.45. The van der Waals surface area contributed by atoms with Crippen molar-refractivity contribution in [3.05, 3.63) is 36.3 Å². The largest absolute Gasteiger partial charge is 0.339 e. The second-order valence-corrected chi connectivity index (χ2v) is 4.75. The molecule has 98 valence electrons. The highest BCUT2D eigenvalue weighted by molar-refractivity contribution is 5.99. The zero-order chi connectivity index (χ0) is 13.1. The predicted molar refractivity (Wildman–Crippen MR) is 71.6 cm³/mol. The lowest BCUT2D eigenvalue weighted by molar-refractivity contribution is 0.0725. The van der Waals surface area contributed by atoms with Crippen molar-refractivity contribution in [3.8, 4) is 11.3 Å². The van der Waals surface area contributed by atoms with Crippen LogP contribution in [0.3, 0.4) is 0 Å². The van der Waals surface area contributed by atoms with Gasteiger partial charge < -0.3 is 4.90 Å². The maximum Gasteiger partial charge on any atom is 0.257 e. The number of hydrogen-bond donors (Lipinski definition) is 1. The van der Waals surface area contributed by atoms with E-state index < -0.39 is 0 Å². The van der Waals surface area contributed by atoms with E-state index >= 15 is 0 Å². The predicted octanol–water partition coefficient (Wildman–Crippen LogP) is 2.10. The fourth-order valence-corrected chi connectivity index (χ4v) is 2.45. The lowest BCUT2D eigenvalue weighted by atomic mass is 10.1. The topological polar surface area (TPSA) is 61.9 Å². The van der Waals surface area contributed by atoms with E-state index in [0.29, 0.717) is 5.56 Å². The monoisotopic (exact) mass is 256 g/mol. The van der Waals surface area contributed by atoms with Gasteiger partial charge in [0.15, 0.2) is 0 Å². The van der Waals surface area contributed by atoms with Crippen LogP contribution in [-0.4, -0.2) is 39.1 Å². The van der Waals surface area contributed by atoms with E-state index in [0.717, 1.165) is 37.2 Å². The summed E-state index contributed by atoms with van der Waals surface area (Å²) in [5.74, 6) is 0.0623. The van der Waals surface area contributed by atoms with Gasteiger partial charge in [0.05, 0.1) is 17.5 Å². The molecule has 3 heterocycles. The van der Waals surface area contributed by atoms with Gasteiger partial charge in [0, 0.05) is 31.0 Å². The number of amides is 1. The molecule has 5 heteroatoms. The van der Waals surface area contributed by atoms with E-state index in [1.807, 2.05) is 17.0 Å². The molecule has 1 fully saturated rings. The lowest BCUT2D eigenvalue weighted by Crippen LogP contribution is -2.35. The molecular weight excluding hydrogens is 240 g/mol. The normalized spacial score (nSPS) is 15.5. The molecule has 0 saturated carbocycles. The smallest absolute Gasteiger partial charge is 0.257 e. The molecule has 0 aromatic carbocycles. The Kier molecular flexibility index (Phi) is 3.27. The SMILES string of the molecule is O=C(c1cn[nH]c1-c1cccnc1)N1CCCCC1. The molecule has 2 aromatic heterocycles. The van der Waals surface area contributed by atoms with Crippen molar-refractivity contribution in [1.82, 2.24) is 20.1 Å². The molecule has 0 radical (unpaired) electrons. The molecule has 0 bridgehead atoms. The molecule has 1 saturated heterocycles.